The van der Waals surface area contributed by atoms with Gasteiger partial charge in [0.25, 0.3) is 0 Å². The van der Waals surface area contributed by atoms with Crippen LogP contribution in [0.25, 0.3) is 0 Å². The molecule has 0 aromatic carbocycles. The number of nitrogens with one attached hydrogen (secondary N) is 3. The molecule has 0 aliphatic rings. The molecule has 0 radical (unpaired) electrons. The summed E-state index contributed by atoms with van der Waals surface area (Å²) in [6.07, 6.45) is 8.22. The summed E-state index contributed by atoms with van der Waals surface area (Å²) >= 11 is 0. The maximum atomic E-state index is 11.5. The van der Waals surface area contributed by atoms with Crippen LogP contribution in [0, 0.1) is 29.6 Å². The number of amides is 3. The molecule has 0 fully saturated rings. The second-order valence-corrected chi connectivity index (χ2v) is 17.4. The average Bonchev–Trinajstić information content (AvgIpc) is 3.06. The van der Waals surface area contributed by atoms with Gasteiger partial charge in [0.05, 0.1) is 12.7 Å². The summed E-state index contributed by atoms with van der Waals surface area (Å²) in [5.41, 5.74) is 0. The molecule has 0 aromatic heterocycles. The Kier molecular flexibility index (Phi) is 52.5. The molecule has 0 aromatic rings. The minimum Gasteiger partial charge on any atom is -0.356 e. The Balaban J connectivity index is -0.000000135. The number of rotatable bonds is 29. The number of phosphoric acid groups is 1. The first-order valence-corrected chi connectivity index (χ1v) is 22.0. The van der Waals surface area contributed by atoms with Crippen molar-refractivity contribution < 1.29 is 47.3 Å². The molecule has 1 unspecified atom stereocenters. The van der Waals surface area contributed by atoms with E-state index in [1.807, 2.05) is 41.5 Å². The minimum absolute atomic E-state index is 0. The largest absolute Gasteiger partial charge is 0.472 e. The zero-order valence-corrected chi connectivity index (χ0v) is 37.4. The van der Waals surface area contributed by atoms with Gasteiger partial charge in [-0.1, -0.05) is 98.9 Å². The molecular weight excluding hydrogens is 773 g/mol. The van der Waals surface area contributed by atoms with E-state index < -0.39 is 13.9 Å². The highest BCUT2D eigenvalue weighted by Gasteiger charge is 2.22. The molecule has 0 spiro atoms. The summed E-state index contributed by atoms with van der Waals surface area (Å²) in [6, 6.07) is 0. The van der Waals surface area contributed by atoms with Crippen molar-refractivity contribution in [2.24, 2.45) is 29.6 Å². The van der Waals surface area contributed by atoms with Crippen molar-refractivity contribution in [3.05, 3.63) is 0 Å². The quantitative estimate of drug-likeness (QED) is 0.0415. The number of Topliss-reactive ketones (excluding diaryl/α,β-unsaturated/α-hetero) is 3. The summed E-state index contributed by atoms with van der Waals surface area (Å²) in [6.45, 7) is 24.7. The van der Waals surface area contributed by atoms with Gasteiger partial charge in [-0.2, -0.15) is 0 Å². The normalized spacial score (nSPS) is 11.4. The molecule has 0 bridgehead atoms. The molecule has 0 aliphatic heterocycles. The number of phosphoric ester groups is 1. The Labute approximate surface area is 363 Å². The first-order chi connectivity index (χ1) is 25.5. The van der Waals surface area contributed by atoms with Gasteiger partial charge in [-0.15, -0.1) is 0 Å². The van der Waals surface area contributed by atoms with Gasteiger partial charge in [0, 0.05) is 75.9 Å². The Hall–Kier alpha value is -2.47. The van der Waals surface area contributed by atoms with E-state index in [0.29, 0.717) is 75.4 Å². The van der Waals surface area contributed by atoms with Crippen molar-refractivity contribution in [3.8, 4) is 0 Å². The molecule has 0 saturated carbocycles. The van der Waals surface area contributed by atoms with E-state index in [1.54, 1.807) is 13.8 Å². The highest BCUT2D eigenvalue weighted by molar-refractivity contribution is 7.47. The molecule has 0 heterocycles. The lowest BCUT2D eigenvalue weighted by molar-refractivity contribution is -0.123. The first kappa shape index (κ1) is 71.1. The monoisotopic (exact) mass is 870 g/mol. The predicted molar refractivity (Wildman–Crippen MR) is 247 cm³/mol. The van der Waals surface area contributed by atoms with Crippen LogP contribution in [-0.2, 0) is 42.4 Å². The van der Waals surface area contributed by atoms with Crippen molar-refractivity contribution in [1.82, 2.24) is 16.0 Å². The second-order valence-electron chi connectivity index (χ2n) is 16.0. The Morgan fingerprint density at radius 3 is 1.07 bits per heavy atom. The third-order valence-electron chi connectivity index (χ3n) is 8.02. The number of unbranched alkanes of at least 4 members (excludes halogenated alkanes) is 2. The Morgan fingerprint density at radius 2 is 0.763 bits per heavy atom. The lowest BCUT2D eigenvalue weighted by Crippen LogP contribution is -2.26. The van der Waals surface area contributed by atoms with E-state index in [2.05, 4.69) is 43.6 Å². The molecule has 59 heavy (non-hydrogen) atoms. The molecule has 14 heteroatoms. The van der Waals surface area contributed by atoms with Gasteiger partial charge in [-0.25, -0.2) is 4.57 Å². The fraction of sp³-hybridized carbons (Fsp3) is 0.867. The van der Waals surface area contributed by atoms with Crippen molar-refractivity contribution in [3.63, 3.8) is 0 Å². The molecule has 356 valence electrons. The van der Waals surface area contributed by atoms with Crippen molar-refractivity contribution in [2.75, 3.05) is 26.2 Å². The zero-order valence-electron chi connectivity index (χ0n) is 36.6. The molecule has 1 atom stereocenters. The lowest BCUT2D eigenvalue weighted by Gasteiger charge is -2.14. The smallest absolute Gasteiger partial charge is 0.356 e. The van der Waals surface area contributed by atoms with E-state index in [1.165, 1.54) is 0 Å². The maximum absolute atomic E-state index is 11.5. The molecule has 3 amide bonds. The predicted octanol–water partition coefficient (Wildman–Crippen LogP) is 10.5. The van der Waals surface area contributed by atoms with Crippen LogP contribution >= 0.6 is 7.82 Å². The molecule has 13 nitrogen and oxygen atoms in total. The van der Waals surface area contributed by atoms with Crippen LogP contribution in [-0.4, -0.2) is 72.3 Å². The number of carbonyl (C=O) groups excluding carboxylic acids is 6. The van der Waals surface area contributed by atoms with E-state index in [9.17, 15) is 38.2 Å². The molecule has 0 aliphatic carbocycles. The van der Waals surface area contributed by atoms with Gasteiger partial charge >= 0.3 is 7.82 Å². The summed E-state index contributed by atoms with van der Waals surface area (Å²) in [5, 5.41) is 8.35. The summed E-state index contributed by atoms with van der Waals surface area (Å²) in [5.74, 6) is 2.24. The lowest BCUT2D eigenvalue weighted by atomic mass is 10.0. The van der Waals surface area contributed by atoms with E-state index in [0.717, 1.165) is 38.8 Å². The standard InChI is InChI=1S/C14H28NO6P.C14H27NO2.C13H25NO2.4CH4/c1-11(2)13(16)7-5-6-8-14(17)15-9-10-20-22(18,19)21-12(3)4;1-11(2)9-10-15-14(17)8-6-5-7-13(16)12(3)4;1-10(2)8-9-14-13(16)7-5-6-12(15)11(3)4;;;;/h11-12H,5-10H2,1-4H3,(H,15,17)(H,18,19);11-12H,5-10H2,1-4H3,(H,15,17);10-11H,5-9H2,1-4H3,(H,14,16);4*1H4. The van der Waals surface area contributed by atoms with Crippen LogP contribution in [0.4, 0.5) is 0 Å². The van der Waals surface area contributed by atoms with Crippen LogP contribution in [0.2, 0.25) is 0 Å². The van der Waals surface area contributed by atoms with Gasteiger partial charge in [0.2, 0.25) is 17.7 Å². The SMILES string of the molecule is C.C.C.C.CC(C)CCNC(=O)CCCC(=O)C(C)C.CC(C)CCNC(=O)CCCCC(=O)C(C)C.CC(C)OP(=O)(O)OCCNC(=O)CCCCC(=O)C(C)C. The van der Waals surface area contributed by atoms with E-state index >= 15 is 0 Å². The molecule has 4 N–H and O–H groups in total. The van der Waals surface area contributed by atoms with Gasteiger partial charge in [-0.05, 0) is 70.6 Å². The summed E-state index contributed by atoms with van der Waals surface area (Å²) in [4.78, 5) is 77.6. The highest BCUT2D eigenvalue weighted by Crippen LogP contribution is 2.44. The van der Waals surface area contributed by atoms with Crippen molar-refractivity contribution in [2.45, 2.75) is 202 Å². The third kappa shape index (κ3) is 53.5. The third-order valence-corrected chi connectivity index (χ3v) is 9.22. The average molecular weight is 870 g/mol. The van der Waals surface area contributed by atoms with Crippen molar-refractivity contribution in [1.29, 1.82) is 0 Å². The zero-order chi connectivity index (χ0) is 43.0. The fourth-order valence-corrected chi connectivity index (χ4v) is 5.29. The fourth-order valence-electron chi connectivity index (χ4n) is 4.37. The number of carbonyl (C=O) groups is 6. The highest BCUT2D eigenvalue weighted by atomic mass is 31.2. The van der Waals surface area contributed by atoms with Crippen molar-refractivity contribution >= 4 is 42.9 Å². The number of hydrogen-bond donors (Lipinski definition) is 4. The molecular formula is C45H96N3O10P. The topological polar surface area (TPSA) is 194 Å². The van der Waals surface area contributed by atoms with Gasteiger partial charge in [0.15, 0.2) is 0 Å². The Bertz CT molecular complexity index is 1130. The van der Waals surface area contributed by atoms with Crippen LogP contribution < -0.4 is 16.0 Å². The molecule has 0 rings (SSSR count). The first-order valence-electron chi connectivity index (χ1n) is 20.5. The summed E-state index contributed by atoms with van der Waals surface area (Å²) < 4.78 is 20.8. The molecule has 0 saturated heterocycles. The van der Waals surface area contributed by atoms with Crippen LogP contribution in [0.1, 0.15) is 196 Å². The number of hydrogen-bond acceptors (Lipinski definition) is 9. The van der Waals surface area contributed by atoms with Crippen LogP contribution in [0.15, 0.2) is 0 Å². The number of ketones is 3. The second kappa shape index (κ2) is 43.6. The van der Waals surface area contributed by atoms with E-state index in [4.69, 9.17) is 9.05 Å². The van der Waals surface area contributed by atoms with Crippen LogP contribution in [0.5, 0.6) is 0 Å². The Morgan fingerprint density at radius 1 is 0.475 bits per heavy atom. The van der Waals surface area contributed by atoms with Gasteiger partial charge in [0.1, 0.15) is 17.3 Å². The maximum Gasteiger partial charge on any atom is 0.472 e. The van der Waals surface area contributed by atoms with Gasteiger partial charge < -0.3 is 20.8 Å². The van der Waals surface area contributed by atoms with Gasteiger partial charge in [-0.3, -0.25) is 37.8 Å². The minimum atomic E-state index is -4.04. The van der Waals surface area contributed by atoms with E-state index in [-0.39, 0.29) is 89.9 Å². The van der Waals surface area contributed by atoms with Crippen LogP contribution in [0.3, 0.4) is 0 Å². The summed E-state index contributed by atoms with van der Waals surface area (Å²) in [7, 11) is -4.04.